The van der Waals surface area contributed by atoms with Crippen molar-refractivity contribution in [2.45, 2.75) is 51.0 Å². The van der Waals surface area contributed by atoms with Crippen LogP contribution in [0.1, 0.15) is 39.2 Å². The smallest absolute Gasteiger partial charge is 0.410 e. The molecule has 0 spiro atoms. The van der Waals surface area contributed by atoms with Gasteiger partial charge in [-0.3, -0.25) is 0 Å². The minimum absolute atomic E-state index is 0.0558. The van der Waals surface area contributed by atoms with E-state index in [1.165, 1.54) is 4.31 Å². The molecule has 0 aliphatic carbocycles. The Balaban J connectivity index is 1.93. The number of likely N-dealkylation sites (tertiary alicyclic amines) is 1. The first-order valence-corrected chi connectivity index (χ1v) is 10.7. The molecule has 1 aromatic carbocycles. The van der Waals surface area contributed by atoms with Crippen molar-refractivity contribution < 1.29 is 22.7 Å². The Hall–Kier alpha value is -1.80. The Bertz CT molecular complexity index is 732. The molecule has 1 aromatic rings. The van der Waals surface area contributed by atoms with Crippen molar-refractivity contribution in [1.82, 2.24) is 9.21 Å². The summed E-state index contributed by atoms with van der Waals surface area (Å²) in [6.07, 6.45) is 0.847. The molecule has 2 rings (SSSR count). The fourth-order valence-electron chi connectivity index (χ4n) is 3.00. The van der Waals surface area contributed by atoms with Gasteiger partial charge in [-0.25, -0.2) is 17.5 Å². The number of hydrogen-bond donors (Lipinski definition) is 0. The van der Waals surface area contributed by atoms with Gasteiger partial charge in [0.2, 0.25) is 10.0 Å². The monoisotopic (exact) mass is 398 g/mol. The van der Waals surface area contributed by atoms with Crippen molar-refractivity contribution >= 4 is 16.1 Å². The van der Waals surface area contributed by atoms with E-state index >= 15 is 0 Å². The molecule has 8 heteroatoms. The number of piperidine rings is 1. The maximum absolute atomic E-state index is 12.7. The van der Waals surface area contributed by atoms with Crippen LogP contribution in [0.15, 0.2) is 24.3 Å². The molecular weight excluding hydrogens is 368 g/mol. The van der Waals surface area contributed by atoms with E-state index in [1.807, 2.05) is 20.8 Å². The molecular formula is C19H30N2O5S. The molecule has 1 amide bonds. The van der Waals surface area contributed by atoms with Crippen LogP contribution in [0.25, 0.3) is 0 Å². The minimum Gasteiger partial charge on any atom is -0.497 e. The first kappa shape index (κ1) is 21.5. The number of sulfonamides is 1. The van der Waals surface area contributed by atoms with Gasteiger partial charge in [-0.2, -0.15) is 0 Å². The van der Waals surface area contributed by atoms with Crippen LogP contribution in [0.2, 0.25) is 0 Å². The molecule has 7 nitrogen and oxygen atoms in total. The third kappa shape index (κ3) is 6.10. The van der Waals surface area contributed by atoms with E-state index in [0.717, 1.165) is 0 Å². The topological polar surface area (TPSA) is 76.2 Å². The predicted octanol–water partition coefficient (Wildman–Crippen LogP) is 2.86. The fourth-order valence-corrected chi connectivity index (χ4v) is 4.48. The van der Waals surface area contributed by atoms with Crippen molar-refractivity contribution in [3.8, 4) is 5.75 Å². The molecule has 0 bridgehead atoms. The molecule has 27 heavy (non-hydrogen) atoms. The third-order valence-corrected chi connectivity index (χ3v) is 6.45. The lowest BCUT2D eigenvalue weighted by molar-refractivity contribution is 0.0183. The van der Waals surface area contributed by atoms with Gasteiger partial charge in [-0.05, 0) is 51.3 Å². The van der Waals surface area contributed by atoms with Crippen LogP contribution >= 0.6 is 0 Å². The number of amides is 1. The van der Waals surface area contributed by atoms with Crippen LogP contribution < -0.4 is 4.74 Å². The molecule has 0 unspecified atom stereocenters. The fraction of sp³-hybridized carbons (Fsp3) is 0.632. The van der Waals surface area contributed by atoms with Crippen LogP contribution in [-0.4, -0.2) is 62.6 Å². The standard InChI is InChI=1S/C19H30N2O5S/c1-19(2,3)26-18(22)21-12-10-16(11-13-21)20(4)27(23,24)14-15-6-8-17(25-5)9-7-15/h6-9,16H,10-14H2,1-5H3. The van der Waals surface area contributed by atoms with Crippen LogP contribution in [0.3, 0.4) is 0 Å². The van der Waals surface area contributed by atoms with Gasteiger partial charge >= 0.3 is 6.09 Å². The first-order valence-electron chi connectivity index (χ1n) is 9.08. The summed E-state index contributed by atoms with van der Waals surface area (Å²) >= 11 is 0. The Labute approximate surface area is 162 Å². The van der Waals surface area contributed by atoms with Gasteiger partial charge in [-0.1, -0.05) is 12.1 Å². The quantitative estimate of drug-likeness (QED) is 0.762. The number of benzene rings is 1. The second-order valence-electron chi connectivity index (χ2n) is 7.82. The zero-order chi connectivity index (χ0) is 20.2. The summed E-state index contributed by atoms with van der Waals surface area (Å²) in [7, 11) is -0.251. The van der Waals surface area contributed by atoms with Crippen molar-refractivity contribution in [3.05, 3.63) is 29.8 Å². The minimum atomic E-state index is -3.44. The number of methoxy groups -OCH3 is 1. The zero-order valence-electron chi connectivity index (χ0n) is 16.8. The largest absolute Gasteiger partial charge is 0.497 e. The summed E-state index contributed by atoms with van der Waals surface area (Å²) in [5.74, 6) is 0.638. The van der Waals surface area contributed by atoms with Gasteiger partial charge in [0.15, 0.2) is 0 Å². The number of hydrogen-bond acceptors (Lipinski definition) is 5. The second-order valence-corrected chi connectivity index (χ2v) is 9.85. The van der Waals surface area contributed by atoms with E-state index in [-0.39, 0.29) is 17.9 Å². The van der Waals surface area contributed by atoms with E-state index in [0.29, 0.717) is 37.2 Å². The highest BCUT2D eigenvalue weighted by atomic mass is 32.2. The first-order chi connectivity index (χ1) is 12.5. The number of rotatable bonds is 5. The summed E-state index contributed by atoms with van der Waals surface area (Å²) in [6, 6.07) is 6.91. The van der Waals surface area contributed by atoms with E-state index in [2.05, 4.69) is 0 Å². The molecule has 0 aromatic heterocycles. The average molecular weight is 399 g/mol. The normalized spacial score (nSPS) is 16.4. The van der Waals surface area contributed by atoms with Crippen LogP contribution in [0, 0.1) is 0 Å². The van der Waals surface area contributed by atoms with Crippen molar-refractivity contribution in [2.75, 3.05) is 27.2 Å². The lowest BCUT2D eigenvalue weighted by atomic mass is 10.1. The van der Waals surface area contributed by atoms with E-state index in [4.69, 9.17) is 9.47 Å². The lowest BCUT2D eigenvalue weighted by Gasteiger charge is -2.36. The summed E-state index contributed by atoms with van der Waals surface area (Å²) < 4.78 is 37.4. The maximum atomic E-state index is 12.7. The highest BCUT2D eigenvalue weighted by Crippen LogP contribution is 2.22. The maximum Gasteiger partial charge on any atom is 0.410 e. The molecule has 1 saturated heterocycles. The van der Waals surface area contributed by atoms with E-state index in [9.17, 15) is 13.2 Å². The molecule has 0 saturated carbocycles. The molecule has 0 atom stereocenters. The molecule has 0 N–H and O–H groups in total. The third-order valence-electron chi connectivity index (χ3n) is 4.58. The van der Waals surface area contributed by atoms with Crippen LogP contribution in [0.4, 0.5) is 4.79 Å². The van der Waals surface area contributed by atoms with E-state index < -0.39 is 15.6 Å². The highest BCUT2D eigenvalue weighted by molar-refractivity contribution is 7.88. The number of nitrogens with zero attached hydrogens (tertiary/aromatic N) is 2. The molecule has 152 valence electrons. The van der Waals surface area contributed by atoms with Gasteiger partial charge in [0.05, 0.1) is 12.9 Å². The summed E-state index contributed by atoms with van der Waals surface area (Å²) in [5, 5.41) is 0. The molecule has 1 fully saturated rings. The van der Waals surface area contributed by atoms with Crippen LogP contribution in [-0.2, 0) is 20.5 Å². The van der Waals surface area contributed by atoms with Gasteiger partial charge in [-0.15, -0.1) is 0 Å². The Morgan fingerprint density at radius 1 is 1.19 bits per heavy atom. The van der Waals surface area contributed by atoms with Crippen molar-refractivity contribution in [1.29, 1.82) is 0 Å². The van der Waals surface area contributed by atoms with Gasteiger partial charge in [0.1, 0.15) is 11.4 Å². The number of carbonyl (C=O) groups is 1. The molecule has 1 aliphatic heterocycles. The number of ether oxygens (including phenoxy) is 2. The second kappa shape index (κ2) is 8.48. The average Bonchev–Trinajstić information content (AvgIpc) is 2.60. The van der Waals surface area contributed by atoms with Crippen LogP contribution in [0.5, 0.6) is 5.75 Å². The summed E-state index contributed by atoms with van der Waals surface area (Å²) in [4.78, 5) is 13.8. The predicted molar refractivity (Wildman–Crippen MR) is 104 cm³/mol. The molecule has 1 aliphatic rings. The van der Waals surface area contributed by atoms with Crippen molar-refractivity contribution in [3.63, 3.8) is 0 Å². The lowest BCUT2D eigenvalue weighted by Crippen LogP contribution is -2.48. The number of carbonyl (C=O) groups excluding carboxylic acids is 1. The van der Waals surface area contributed by atoms with Gasteiger partial charge in [0.25, 0.3) is 0 Å². The Kier molecular flexibility index (Phi) is 6.75. The van der Waals surface area contributed by atoms with Gasteiger partial charge < -0.3 is 14.4 Å². The van der Waals surface area contributed by atoms with E-state index in [1.54, 1.807) is 43.3 Å². The summed E-state index contributed by atoms with van der Waals surface area (Å²) in [5.41, 5.74) is 0.181. The summed E-state index contributed by atoms with van der Waals surface area (Å²) in [6.45, 7) is 6.47. The highest BCUT2D eigenvalue weighted by Gasteiger charge is 2.32. The van der Waals surface area contributed by atoms with Gasteiger partial charge in [0, 0.05) is 26.2 Å². The van der Waals surface area contributed by atoms with Crippen molar-refractivity contribution in [2.24, 2.45) is 0 Å². The Morgan fingerprint density at radius 2 is 1.74 bits per heavy atom. The Morgan fingerprint density at radius 3 is 2.22 bits per heavy atom. The molecule has 0 radical (unpaired) electrons. The molecule has 1 heterocycles. The zero-order valence-corrected chi connectivity index (χ0v) is 17.6. The SMILES string of the molecule is COc1ccc(CS(=O)(=O)N(C)C2CCN(C(=O)OC(C)(C)C)CC2)cc1.